The molecule has 1 aromatic carbocycles. The van der Waals surface area contributed by atoms with Gasteiger partial charge in [-0.05, 0) is 56.5 Å². The maximum Gasteiger partial charge on any atom is 0.244 e. The van der Waals surface area contributed by atoms with Gasteiger partial charge < -0.3 is 15.4 Å². The van der Waals surface area contributed by atoms with Crippen molar-refractivity contribution in [1.82, 2.24) is 5.32 Å². The number of rotatable bonds is 6. The second-order valence-electron chi connectivity index (χ2n) is 5.29. The number of benzene rings is 1. The molecule has 1 saturated heterocycles. The first-order valence-corrected chi connectivity index (χ1v) is 7.49. The van der Waals surface area contributed by atoms with Gasteiger partial charge >= 0.3 is 0 Å². The van der Waals surface area contributed by atoms with Crippen LogP contribution in [0, 0.1) is 0 Å². The van der Waals surface area contributed by atoms with Crippen LogP contribution in [0.3, 0.4) is 0 Å². The fraction of sp³-hybridized carbons (Fsp3) is 0.562. The molecule has 1 aliphatic rings. The van der Waals surface area contributed by atoms with Crippen LogP contribution in [0.5, 0.6) is 5.75 Å². The largest absolute Gasteiger partial charge is 0.494 e. The minimum atomic E-state index is -0.391. The Morgan fingerprint density at radius 3 is 2.57 bits per heavy atom. The van der Waals surface area contributed by atoms with Crippen molar-refractivity contribution in [2.45, 2.75) is 45.1 Å². The van der Waals surface area contributed by atoms with E-state index in [1.807, 2.05) is 24.3 Å². The molecule has 0 saturated carbocycles. The van der Waals surface area contributed by atoms with E-state index in [0.29, 0.717) is 6.61 Å². The Hall–Kier alpha value is -1.26. The quantitative estimate of drug-likeness (QED) is 0.846. The number of carbonyl (C=O) groups excluding carboxylic acids is 1. The van der Waals surface area contributed by atoms with E-state index in [9.17, 15) is 4.79 Å². The molecular formula is C16H25ClN2O2. The number of ether oxygens (including phenoxy) is 1. The summed E-state index contributed by atoms with van der Waals surface area (Å²) in [4.78, 5) is 12.4. The number of anilines is 1. The molecule has 5 heteroatoms. The lowest BCUT2D eigenvalue weighted by atomic mass is 9.93. The van der Waals surface area contributed by atoms with Crippen LogP contribution in [-0.2, 0) is 4.79 Å². The van der Waals surface area contributed by atoms with Gasteiger partial charge in [0, 0.05) is 5.69 Å². The average molecular weight is 313 g/mol. The maximum atomic E-state index is 12.4. The second kappa shape index (κ2) is 8.25. The molecule has 4 nitrogen and oxygen atoms in total. The third-order valence-corrected chi connectivity index (χ3v) is 3.87. The van der Waals surface area contributed by atoms with Gasteiger partial charge in [-0.2, -0.15) is 0 Å². The fourth-order valence-corrected chi connectivity index (χ4v) is 2.57. The zero-order chi connectivity index (χ0) is 14.4. The Morgan fingerprint density at radius 2 is 2.05 bits per heavy atom. The number of nitrogens with one attached hydrogen (secondary N) is 2. The van der Waals surface area contributed by atoms with Crippen molar-refractivity contribution in [2.75, 3.05) is 18.5 Å². The Balaban J connectivity index is 0.00000220. The van der Waals surface area contributed by atoms with Gasteiger partial charge in [-0.25, -0.2) is 0 Å². The van der Waals surface area contributed by atoms with Crippen molar-refractivity contribution in [3.63, 3.8) is 0 Å². The number of halogens is 1. The van der Waals surface area contributed by atoms with Crippen molar-refractivity contribution in [3.05, 3.63) is 24.3 Å². The summed E-state index contributed by atoms with van der Waals surface area (Å²) in [5.41, 5.74) is 0.428. The van der Waals surface area contributed by atoms with Gasteiger partial charge in [-0.3, -0.25) is 4.79 Å². The van der Waals surface area contributed by atoms with Gasteiger partial charge in [0.2, 0.25) is 5.91 Å². The Labute approximate surface area is 133 Å². The third-order valence-electron chi connectivity index (χ3n) is 3.87. The predicted molar refractivity (Wildman–Crippen MR) is 88.4 cm³/mol. The van der Waals surface area contributed by atoms with Crippen LogP contribution >= 0.6 is 12.4 Å². The van der Waals surface area contributed by atoms with Crippen LogP contribution in [0.1, 0.15) is 39.5 Å². The molecule has 0 bridgehead atoms. The molecule has 1 fully saturated rings. The first-order chi connectivity index (χ1) is 9.70. The summed E-state index contributed by atoms with van der Waals surface area (Å²) < 4.78 is 5.53. The third kappa shape index (κ3) is 4.35. The standard InChI is InChI=1S/C16H24N2O2.ClH/c1-3-12-20-14-8-6-13(7-9-14)18-15(19)16(4-2)10-5-11-17-16;/h6-9,17H,3-5,10-12H2,1-2H3,(H,18,19);1H. The van der Waals surface area contributed by atoms with Crippen LogP contribution in [0.25, 0.3) is 0 Å². The van der Waals surface area contributed by atoms with Crippen LogP contribution < -0.4 is 15.4 Å². The highest BCUT2D eigenvalue weighted by atomic mass is 35.5. The lowest BCUT2D eigenvalue weighted by molar-refractivity contribution is -0.122. The molecule has 1 aromatic rings. The van der Waals surface area contributed by atoms with Crippen LogP contribution in [0.15, 0.2) is 24.3 Å². The topological polar surface area (TPSA) is 50.4 Å². The van der Waals surface area contributed by atoms with E-state index in [1.165, 1.54) is 0 Å². The van der Waals surface area contributed by atoms with Crippen LogP contribution in [0.4, 0.5) is 5.69 Å². The molecular weight excluding hydrogens is 288 g/mol. The van der Waals surface area contributed by atoms with Crippen molar-refractivity contribution in [1.29, 1.82) is 0 Å². The second-order valence-corrected chi connectivity index (χ2v) is 5.29. The van der Waals surface area contributed by atoms with Gasteiger partial charge in [0.25, 0.3) is 0 Å². The Morgan fingerprint density at radius 1 is 1.33 bits per heavy atom. The molecule has 1 aliphatic heterocycles. The molecule has 0 aromatic heterocycles. The summed E-state index contributed by atoms with van der Waals surface area (Å²) in [6.07, 6.45) is 3.78. The molecule has 1 amide bonds. The van der Waals surface area contributed by atoms with E-state index >= 15 is 0 Å². The maximum absolute atomic E-state index is 12.4. The minimum Gasteiger partial charge on any atom is -0.494 e. The SMILES string of the molecule is CCCOc1ccc(NC(=O)C2(CC)CCCN2)cc1.Cl. The molecule has 1 atom stereocenters. The van der Waals surface area contributed by atoms with E-state index in [0.717, 1.165) is 43.7 Å². The first kappa shape index (κ1) is 17.8. The van der Waals surface area contributed by atoms with E-state index in [1.54, 1.807) is 0 Å². The number of carbonyl (C=O) groups is 1. The van der Waals surface area contributed by atoms with Gasteiger partial charge in [-0.15, -0.1) is 12.4 Å². The lowest BCUT2D eigenvalue weighted by Crippen LogP contribution is -2.50. The van der Waals surface area contributed by atoms with Gasteiger partial charge in [-0.1, -0.05) is 13.8 Å². The molecule has 0 spiro atoms. The van der Waals surface area contributed by atoms with Crippen LogP contribution in [-0.4, -0.2) is 24.6 Å². The van der Waals surface area contributed by atoms with Crippen LogP contribution in [0.2, 0.25) is 0 Å². The van der Waals surface area contributed by atoms with Crippen molar-refractivity contribution >= 4 is 24.0 Å². The highest BCUT2D eigenvalue weighted by molar-refractivity contribution is 5.98. The molecule has 2 N–H and O–H groups in total. The van der Waals surface area contributed by atoms with Crippen molar-refractivity contribution in [2.24, 2.45) is 0 Å². The highest BCUT2D eigenvalue weighted by Crippen LogP contribution is 2.25. The highest BCUT2D eigenvalue weighted by Gasteiger charge is 2.38. The van der Waals surface area contributed by atoms with Gasteiger partial charge in [0.15, 0.2) is 0 Å². The first-order valence-electron chi connectivity index (χ1n) is 7.49. The summed E-state index contributed by atoms with van der Waals surface area (Å²) in [6, 6.07) is 7.57. The number of hydrogen-bond donors (Lipinski definition) is 2. The molecule has 0 radical (unpaired) electrons. The smallest absolute Gasteiger partial charge is 0.244 e. The molecule has 1 unspecified atom stereocenters. The molecule has 2 rings (SSSR count). The summed E-state index contributed by atoms with van der Waals surface area (Å²) in [7, 11) is 0. The molecule has 118 valence electrons. The lowest BCUT2D eigenvalue weighted by Gasteiger charge is -2.26. The van der Waals surface area contributed by atoms with Gasteiger partial charge in [0.1, 0.15) is 5.75 Å². The van der Waals surface area contributed by atoms with Gasteiger partial charge in [0.05, 0.1) is 12.1 Å². The van der Waals surface area contributed by atoms with Crippen molar-refractivity contribution < 1.29 is 9.53 Å². The average Bonchev–Trinajstić information content (AvgIpc) is 2.97. The molecule has 21 heavy (non-hydrogen) atoms. The molecule has 0 aliphatic carbocycles. The Bertz CT molecular complexity index is 442. The van der Waals surface area contributed by atoms with E-state index in [-0.39, 0.29) is 18.3 Å². The zero-order valence-electron chi connectivity index (χ0n) is 12.8. The van der Waals surface area contributed by atoms with E-state index < -0.39 is 5.54 Å². The summed E-state index contributed by atoms with van der Waals surface area (Å²) in [5, 5.41) is 6.34. The fourth-order valence-electron chi connectivity index (χ4n) is 2.57. The molecule has 1 heterocycles. The summed E-state index contributed by atoms with van der Waals surface area (Å²) >= 11 is 0. The predicted octanol–water partition coefficient (Wildman–Crippen LogP) is 3.37. The normalized spacial score (nSPS) is 20.7. The van der Waals surface area contributed by atoms with E-state index in [2.05, 4.69) is 24.5 Å². The number of hydrogen-bond acceptors (Lipinski definition) is 3. The van der Waals surface area contributed by atoms with E-state index in [4.69, 9.17) is 4.74 Å². The zero-order valence-corrected chi connectivity index (χ0v) is 13.6. The number of amides is 1. The Kier molecular flexibility index (Phi) is 6.99. The summed E-state index contributed by atoms with van der Waals surface area (Å²) in [6.45, 7) is 5.77. The minimum absolute atomic E-state index is 0. The summed E-state index contributed by atoms with van der Waals surface area (Å²) in [5.74, 6) is 0.911. The monoisotopic (exact) mass is 312 g/mol. The van der Waals surface area contributed by atoms with Crippen molar-refractivity contribution in [3.8, 4) is 5.75 Å².